The number of hydrogen-bond acceptors (Lipinski definition) is 41. The van der Waals surface area contributed by atoms with E-state index in [-0.39, 0.29) is 53.8 Å². The van der Waals surface area contributed by atoms with Gasteiger partial charge in [-0.2, -0.15) is 13.2 Å². The van der Waals surface area contributed by atoms with Gasteiger partial charge >= 0.3 is 12.1 Å². The third-order valence-corrected chi connectivity index (χ3v) is 24.4. The molecule has 17 heterocycles. The maximum atomic E-state index is 11.7. The van der Waals surface area contributed by atoms with Crippen molar-refractivity contribution in [2.75, 3.05) is 177 Å². The average Bonchev–Trinajstić information content (AvgIpc) is 1.16. The van der Waals surface area contributed by atoms with E-state index in [2.05, 4.69) is 81.3 Å². The minimum absolute atomic E-state index is 0.00711. The number of hydrogen-bond donors (Lipinski definition) is 11. The van der Waals surface area contributed by atoms with Gasteiger partial charge in [-0.1, -0.05) is 0 Å². The van der Waals surface area contributed by atoms with Crippen LogP contribution in [0.1, 0.15) is 130 Å². The normalized spacial score (nSPS) is 18.0. The van der Waals surface area contributed by atoms with Crippen LogP contribution < -0.4 is 115 Å². The van der Waals surface area contributed by atoms with Gasteiger partial charge in [0.05, 0.1) is 234 Å². The Bertz CT molecular complexity index is 5600. The molecule has 9 aliphatic rings. The Morgan fingerprint density at radius 2 is 0.658 bits per heavy atom. The van der Waals surface area contributed by atoms with Gasteiger partial charge < -0.3 is 139 Å². The SMILES string of the molecule is CC(C)Oc1ccncc1N.CCOc1ccncc1N.CN1CCC[C@H]1COc1ccncc1N.COC(=O)C1CCC(Oc2ccncc2N)CC1.COc1ccncc1N.Nc1cnccc1OC1CCC1.Nc1cnccc1OC1CCCC1.Nc1cnccc1OC1CCN(C2COC2)CC1.Nc1cnccc1OC1COC1.Nc1cnccc1OCC(F)(F)F.Nc1cnccc1O[C@H]1CCCN(C2COC2)C1. The molecule has 9 fully saturated rings. The standard InChI is InChI=1S/2C13H19N3O2.C13H18N2O3.C11H17N3O.C10H14N2O.C9H12N2O.C8H10N2O2.C8H12N2O.C7H7F3N2O.C7H10N2O.C6H8N2O/c14-12-7-15-4-1-13(12)18-11-2-5-16(6-3-11)10-8-17-9-10;14-12-6-15-4-3-13(12)18-11-2-1-5-16(7-11)10-8-17-9-10;1-17-13(16)9-2-4-10(5-3-9)18-12-6-7-15-8-11(12)14;1-14-6-2-3-9(14)8-15-11-4-5-13-7-10(11)12;11-9-7-12-6-5-10(9)13-8-3-1-2-4-8;10-8-6-11-5-4-9(8)12-7-2-1-3-7;9-7-3-10-2-1-8(7)12-6-4-11-5-6;1-6(2)11-8-3-4-10-5-7(8)9;8-7(9,10)4-13-6-1-2-12-3-5(6)11;1-2-10-7-3-4-9-5-6(7)8;1-9-6-2-3-8-4-5(6)7/h1,4,7,10-11H,2-3,5-6,8-9,14H2;3-4,6,10-11H,1-2,5,7-9,14H2;6-10H,2-5,14H2,1H3;4-5,7,9H,2-3,6,8,12H2,1H3;5-8H,1-4,11H2;4-7H,1-3,10H2;1-3,6H,4-5,9H2;3-6H,9H2,1-2H3;1-3H,4,11H2;3-5H,2,8H2,1H3;2-4H,7H2,1H3/t;11-;;9-;;;;;;;/m.0.0......./s1. The van der Waals surface area contributed by atoms with Crippen LogP contribution >= 0.6 is 0 Å². The number of rotatable bonds is 25. The second-order valence-corrected chi connectivity index (χ2v) is 36.0. The Balaban J connectivity index is 0.000000169. The minimum atomic E-state index is -4.35. The largest absolute Gasteiger partial charge is 0.494 e. The van der Waals surface area contributed by atoms with Crippen LogP contribution in [0.15, 0.2) is 203 Å². The number of carbonyl (C=O) groups is 1. The van der Waals surface area contributed by atoms with E-state index in [1.165, 1.54) is 70.6 Å². The molecule has 0 aromatic carbocycles. The van der Waals surface area contributed by atoms with Crippen LogP contribution in [-0.2, 0) is 23.7 Å². The van der Waals surface area contributed by atoms with Crippen LogP contribution in [0.5, 0.6) is 63.2 Å². The van der Waals surface area contributed by atoms with Crippen molar-refractivity contribution in [2.45, 2.75) is 197 Å². The predicted molar refractivity (Wildman–Crippen MR) is 566 cm³/mol. The van der Waals surface area contributed by atoms with Crippen molar-refractivity contribution < 1.29 is 89.0 Å². The summed E-state index contributed by atoms with van der Waals surface area (Å²) in [4.78, 5) is 61.2. The van der Waals surface area contributed by atoms with E-state index in [9.17, 15) is 18.0 Å². The molecule has 11 aromatic rings. The molecule has 44 heteroatoms. The van der Waals surface area contributed by atoms with Gasteiger partial charge in [0.1, 0.15) is 88.2 Å². The van der Waals surface area contributed by atoms with E-state index in [4.69, 9.17) is 129 Å². The highest BCUT2D eigenvalue weighted by Gasteiger charge is 2.35. The maximum absolute atomic E-state index is 11.7. The third-order valence-electron chi connectivity index (χ3n) is 24.4. The molecule has 3 aliphatic carbocycles. The highest BCUT2D eigenvalue weighted by molar-refractivity contribution is 5.72. The number of pyridine rings is 11. The number of methoxy groups -OCH3 is 2. The molecule has 0 amide bonds. The zero-order valence-corrected chi connectivity index (χ0v) is 85.6. The lowest BCUT2D eigenvalue weighted by atomic mass is 9.87. The summed E-state index contributed by atoms with van der Waals surface area (Å²) in [7, 11) is 5.14. The number of likely N-dealkylation sites (N-methyl/N-ethyl adjacent to an activating group) is 1. The molecular formula is C105H146F3N25O16. The number of carbonyl (C=O) groups excluding carboxylic acids is 1. The molecule has 2 atom stereocenters. The van der Waals surface area contributed by atoms with E-state index in [0.29, 0.717) is 142 Å². The van der Waals surface area contributed by atoms with Crippen LogP contribution in [-0.4, -0.2) is 256 Å². The molecule has 0 bridgehead atoms. The summed E-state index contributed by atoms with van der Waals surface area (Å²) in [6.07, 6.45) is 51.3. The Kier molecular flexibility index (Phi) is 49.2. The van der Waals surface area contributed by atoms with E-state index in [0.717, 1.165) is 152 Å². The molecule has 6 aliphatic heterocycles. The number of esters is 1. The lowest BCUT2D eigenvalue weighted by Gasteiger charge is -2.41. The van der Waals surface area contributed by atoms with Crippen molar-refractivity contribution >= 4 is 68.5 Å². The van der Waals surface area contributed by atoms with E-state index in [1.54, 1.807) is 161 Å². The van der Waals surface area contributed by atoms with Crippen molar-refractivity contribution in [1.29, 1.82) is 0 Å². The van der Waals surface area contributed by atoms with Gasteiger partial charge in [0.2, 0.25) is 0 Å². The fourth-order valence-electron chi connectivity index (χ4n) is 15.7. The number of aromatic nitrogens is 11. The van der Waals surface area contributed by atoms with Gasteiger partial charge in [0.25, 0.3) is 0 Å². The first-order chi connectivity index (χ1) is 72.1. The number of nitrogen functional groups attached to an aromatic ring is 11. The monoisotopic (exact) mass is 2070 g/mol. The topological polar surface area (TPSA) is 593 Å². The highest BCUT2D eigenvalue weighted by Crippen LogP contribution is 2.36. The summed E-state index contributed by atoms with van der Waals surface area (Å²) in [5, 5.41) is 0. The second kappa shape index (κ2) is 63.1. The molecule has 0 radical (unpaired) electrons. The number of ether oxygens (including phenoxy) is 15. The number of anilines is 11. The third kappa shape index (κ3) is 41.5. The van der Waals surface area contributed by atoms with Crippen molar-refractivity contribution in [3.63, 3.8) is 0 Å². The number of nitrogens with two attached hydrogens (primary N) is 11. The molecule has 6 saturated heterocycles. The zero-order chi connectivity index (χ0) is 107. The van der Waals surface area contributed by atoms with Crippen molar-refractivity contribution in [3.8, 4) is 63.2 Å². The lowest BCUT2D eigenvalue weighted by Crippen LogP contribution is -2.54. The van der Waals surface area contributed by atoms with Crippen LogP contribution in [0.4, 0.5) is 75.7 Å². The molecule has 0 unspecified atom stereocenters. The number of halogens is 3. The van der Waals surface area contributed by atoms with Crippen LogP contribution in [0, 0.1) is 5.92 Å². The summed E-state index contributed by atoms with van der Waals surface area (Å²) in [6, 6.07) is 20.9. The van der Waals surface area contributed by atoms with Crippen LogP contribution in [0.3, 0.4) is 0 Å². The number of alkyl halides is 3. The molecule has 22 N–H and O–H groups in total. The van der Waals surface area contributed by atoms with Gasteiger partial charge in [-0.3, -0.25) is 69.4 Å². The number of nitrogens with zero attached hydrogens (tertiary/aromatic N) is 14. The van der Waals surface area contributed by atoms with E-state index in [1.807, 2.05) is 51.1 Å². The summed E-state index contributed by atoms with van der Waals surface area (Å²) in [5.41, 5.74) is 68.1. The van der Waals surface area contributed by atoms with Crippen molar-refractivity contribution in [1.82, 2.24) is 69.5 Å². The number of likely N-dealkylation sites (tertiary alicyclic amines) is 3. The zero-order valence-electron chi connectivity index (χ0n) is 85.6. The average molecular weight is 2070 g/mol. The van der Waals surface area contributed by atoms with Crippen molar-refractivity contribution in [2.24, 2.45) is 5.92 Å². The van der Waals surface area contributed by atoms with Gasteiger partial charge in [0.15, 0.2) is 6.61 Å². The molecule has 41 nitrogen and oxygen atoms in total. The second-order valence-electron chi connectivity index (χ2n) is 36.0. The van der Waals surface area contributed by atoms with Crippen molar-refractivity contribution in [3.05, 3.63) is 203 Å². The smallest absolute Gasteiger partial charge is 0.422 e. The number of piperidine rings is 2. The summed E-state index contributed by atoms with van der Waals surface area (Å²) in [5.74, 6) is 7.15. The summed E-state index contributed by atoms with van der Waals surface area (Å²) in [6.45, 7) is 16.1. The molecule has 3 saturated carbocycles. The van der Waals surface area contributed by atoms with Gasteiger partial charge in [-0.15, -0.1) is 0 Å². The molecule has 20 rings (SSSR count). The predicted octanol–water partition coefficient (Wildman–Crippen LogP) is 13.5. The van der Waals surface area contributed by atoms with E-state index < -0.39 is 12.8 Å². The molecule has 149 heavy (non-hydrogen) atoms. The molecule has 0 spiro atoms. The summed E-state index contributed by atoms with van der Waals surface area (Å²) >= 11 is 0. The molecular weight excluding hydrogens is 1920 g/mol. The fraction of sp³-hybridized carbons (Fsp3) is 0.467. The van der Waals surface area contributed by atoms with Gasteiger partial charge in [-0.25, -0.2) is 0 Å². The van der Waals surface area contributed by atoms with Crippen LogP contribution in [0.25, 0.3) is 0 Å². The quantitative estimate of drug-likeness (QED) is 0.0237. The lowest BCUT2D eigenvalue weighted by molar-refractivity contribution is -0.153. The first-order valence-corrected chi connectivity index (χ1v) is 49.9. The minimum Gasteiger partial charge on any atom is -0.494 e. The van der Waals surface area contributed by atoms with Gasteiger partial charge in [-0.05, 0) is 150 Å². The fourth-order valence-corrected chi connectivity index (χ4v) is 15.7. The van der Waals surface area contributed by atoms with E-state index >= 15 is 0 Å². The Labute approximate surface area is 868 Å². The highest BCUT2D eigenvalue weighted by atomic mass is 19.4. The van der Waals surface area contributed by atoms with Gasteiger partial charge in [0, 0.05) is 161 Å². The first kappa shape index (κ1) is 116. The molecule has 808 valence electrons. The van der Waals surface area contributed by atoms with Crippen LogP contribution in [0.2, 0.25) is 0 Å². The maximum Gasteiger partial charge on any atom is 0.422 e. The molecule has 11 aromatic heterocycles. The Morgan fingerprint density at radius 1 is 0.349 bits per heavy atom. The first-order valence-electron chi connectivity index (χ1n) is 49.9. The summed E-state index contributed by atoms with van der Waals surface area (Å²) < 4.78 is 115. The Morgan fingerprint density at radius 3 is 0.960 bits per heavy atom. The Hall–Kier alpha value is -14.7.